The maximum Gasteiger partial charge on any atom is 0.142 e. The van der Waals surface area contributed by atoms with Crippen LogP contribution in [0, 0.1) is 5.92 Å². The number of nitrogens with zero attached hydrogens (tertiary/aromatic N) is 2. The maximum absolute atomic E-state index is 12.4. The Hall–Kier alpha value is -0.870. The second-order valence-corrected chi connectivity index (χ2v) is 5.83. The quantitative estimate of drug-likeness (QED) is 0.922. The summed E-state index contributed by atoms with van der Waals surface area (Å²) in [5, 5.41) is 5.00. The molecule has 19 heavy (non-hydrogen) atoms. The number of nitrogens with two attached hydrogens (primary N) is 1. The Labute approximate surface area is 119 Å². The molecule has 2 atom stereocenters. The molecule has 1 heterocycles. The highest BCUT2D eigenvalue weighted by molar-refractivity contribution is 6.32. The number of halogens is 1. The third-order valence-electron chi connectivity index (χ3n) is 4.01. The molecule has 0 radical (unpaired) electrons. The van der Waals surface area contributed by atoms with Gasteiger partial charge in [-0.1, -0.05) is 24.9 Å². The monoisotopic (exact) mass is 283 g/mol. The fraction of sp³-hybridized carbons (Fsp3) is 0.714. The van der Waals surface area contributed by atoms with Gasteiger partial charge in [0.15, 0.2) is 0 Å². The fourth-order valence-electron chi connectivity index (χ4n) is 2.84. The normalized spacial score (nSPS) is 23.6. The van der Waals surface area contributed by atoms with Crippen LogP contribution < -0.4 is 5.73 Å². The third kappa shape index (κ3) is 3.18. The van der Waals surface area contributed by atoms with Gasteiger partial charge in [0.25, 0.3) is 0 Å². The molecular formula is C14H22ClN3O. The van der Waals surface area contributed by atoms with Gasteiger partial charge in [0.1, 0.15) is 5.78 Å². The number of aryl methyl sites for hydroxylation is 2. The maximum atomic E-state index is 12.4. The lowest BCUT2D eigenvalue weighted by molar-refractivity contribution is -0.123. The average molecular weight is 284 g/mol. The van der Waals surface area contributed by atoms with Gasteiger partial charge in [0.2, 0.25) is 0 Å². The molecule has 0 aliphatic heterocycles. The Morgan fingerprint density at radius 1 is 1.53 bits per heavy atom. The molecule has 0 bridgehead atoms. The Kier molecular flexibility index (Phi) is 4.63. The topological polar surface area (TPSA) is 60.9 Å². The smallest absolute Gasteiger partial charge is 0.142 e. The minimum Gasteiger partial charge on any atom is -0.328 e. The SMILES string of the molecule is CCc1nn(C)c(CC(=O)C2CCCC(N)C2)c1Cl. The molecule has 4 nitrogen and oxygen atoms in total. The van der Waals surface area contributed by atoms with Gasteiger partial charge in [0, 0.05) is 19.0 Å². The van der Waals surface area contributed by atoms with Gasteiger partial charge in [-0.05, 0) is 25.7 Å². The van der Waals surface area contributed by atoms with Crippen LogP contribution in [0.15, 0.2) is 0 Å². The van der Waals surface area contributed by atoms with Crippen molar-refractivity contribution in [3.05, 3.63) is 16.4 Å². The molecule has 0 spiro atoms. The van der Waals surface area contributed by atoms with Crippen LogP contribution in [0.25, 0.3) is 0 Å². The molecule has 2 unspecified atom stereocenters. The summed E-state index contributed by atoms with van der Waals surface area (Å²) in [7, 11) is 1.85. The van der Waals surface area contributed by atoms with Crippen molar-refractivity contribution in [2.75, 3.05) is 0 Å². The molecule has 5 heteroatoms. The van der Waals surface area contributed by atoms with Gasteiger partial charge in [-0.3, -0.25) is 9.48 Å². The number of hydrogen-bond acceptors (Lipinski definition) is 3. The molecule has 1 saturated carbocycles. The van der Waals surface area contributed by atoms with Crippen molar-refractivity contribution in [2.45, 2.75) is 51.5 Å². The molecular weight excluding hydrogens is 262 g/mol. The molecule has 1 fully saturated rings. The number of carbonyl (C=O) groups is 1. The zero-order valence-electron chi connectivity index (χ0n) is 11.7. The van der Waals surface area contributed by atoms with Crippen molar-refractivity contribution in [3.63, 3.8) is 0 Å². The van der Waals surface area contributed by atoms with E-state index in [1.165, 1.54) is 0 Å². The number of rotatable bonds is 4. The first-order valence-electron chi connectivity index (χ1n) is 7.01. The van der Waals surface area contributed by atoms with Crippen LogP contribution in [0.3, 0.4) is 0 Å². The van der Waals surface area contributed by atoms with E-state index in [0.717, 1.165) is 43.5 Å². The predicted octanol–water partition coefficient (Wildman–Crippen LogP) is 2.27. The third-order valence-corrected chi connectivity index (χ3v) is 4.45. The van der Waals surface area contributed by atoms with Crippen LogP contribution in [0.1, 0.15) is 44.0 Å². The molecule has 2 rings (SSSR count). The Morgan fingerprint density at radius 2 is 2.26 bits per heavy atom. The summed E-state index contributed by atoms with van der Waals surface area (Å²) in [5.41, 5.74) is 7.65. The lowest BCUT2D eigenvalue weighted by atomic mass is 9.82. The van der Waals surface area contributed by atoms with E-state index >= 15 is 0 Å². The highest BCUT2D eigenvalue weighted by atomic mass is 35.5. The van der Waals surface area contributed by atoms with E-state index in [4.69, 9.17) is 17.3 Å². The van der Waals surface area contributed by atoms with Crippen LogP contribution in [0.4, 0.5) is 0 Å². The second kappa shape index (κ2) is 6.06. The number of carbonyl (C=O) groups excluding carboxylic acids is 1. The van der Waals surface area contributed by atoms with E-state index < -0.39 is 0 Å². The molecule has 1 aromatic rings. The van der Waals surface area contributed by atoms with Crippen LogP contribution in [-0.4, -0.2) is 21.6 Å². The largest absolute Gasteiger partial charge is 0.328 e. The molecule has 0 aromatic carbocycles. The van der Waals surface area contributed by atoms with E-state index in [1.54, 1.807) is 4.68 Å². The molecule has 106 valence electrons. The van der Waals surface area contributed by atoms with Gasteiger partial charge in [-0.15, -0.1) is 0 Å². The summed E-state index contributed by atoms with van der Waals surface area (Å²) in [6, 6.07) is 0.177. The van der Waals surface area contributed by atoms with Crippen molar-refractivity contribution >= 4 is 17.4 Å². The van der Waals surface area contributed by atoms with E-state index in [-0.39, 0.29) is 17.7 Å². The Balaban J connectivity index is 2.08. The molecule has 1 aliphatic rings. The summed E-state index contributed by atoms with van der Waals surface area (Å²) in [6.45, 7) is 2.01. The zero-order valence-corrected chi connectivity index (χ0v) is 12.4. The van der Waals surface area contributed by atoms with Crippen molar-refractivity contribution < 1.29 is 4.79 Å². The number of ketones is 1. The van der Waals surface area contributed by atoms with Crippen molar-refractivity contribution in [1.82, 2.24) is 9.78 Å². The first-order valence-corrected chi connectivity index (χ1v) is 7.39. The number of hydrogen-bond donors (Lipinski definition) is 1. The van der Waals surface area contributed by atoms with Crippen LogP contribution in [0.2, 0.25) is 5.02 Å². The zero-order chi connectivity index (χ0) is 14.0. The highest BCUT2D eigenvalue weighted by Crippen LogP contribution is 2.27. The van der Waals surface area contributed by atoms with Crippen molar-refractivity contribution in [3.8, 4) is 0 Å². The summed E-state index contributed by atoms with van der Waals surface area (Å²) in [6.07, 6.45) is 5.03. The lowest BCUT2D eigenvalue weighted by Crippen LogP contribution is -2.32. The number of Topliss-reactive ketones (excluding diaryl/α,β-unsaturated/α-hetero) is 1. The van der Waals surface area contributed by atoms with Crippen LogP contribution >= 0.6 is 11.6 Å². The first-order chi connectivity index (χ1) is 9.02. The molecule has 1 aromatic heterocycles. The molecule has 2 N–H and O–H groups in total. The van der Waals surface area contributed by atoms with Crippen molar-refractivity contribution in [1.29, 1.82) is 0 Å². The van der Waals surface area contributed by atoms with Gasteiger partial charge in [-0.2, -0.15) is 5.10 Å². The lowest BCUT2D eigenvalue weighted by Gasteiger charge is -2.25. The van der Waals surface area contributed by atoms with Gasteiger partial charge < -0.3 is 5.73 Å². The first kappa shape index (κ1) is 14.5. The highest BCUT2D eigenvalue weighted by Gasteiger charge is 2.27. The van der Waals surface area contributed by atoms with E-state index in [9.17, 15) is 4.79 Å². The predicted molar refractivity (Wildman–Crippen MR) is 76.2 cm³/mol. The van der Waals surface area contributed by atoms with Gasteiger partial charge in [0.05, 0.1) is 22.8 Å². The summed E-state index contributed by atoms with van der Waals surface area (Å²) >= 11 is 6.28. The molecule has 1 aliphatic carbocycles. The molecule has 0 amide bonds. The number of aromatic nitrogens is 2. The standard InChI is InChI=1S/C14H22ClN3O/c1-3-11-14(15)12(18(2)17-11)8-13(19)9-5-4-6-10(16)7-9/h9-10H,3-8,16H2,1-2H3. The second-order valence-electron chi connectivity index (χ2n) is 5.45. The molecule has 0 saturated heterocycles. The summed E-state index contributed by atoms with van der Waals surface area (Å²) in [5.74, 6) is 0.350. The van der Waals surface area contributed by atoms with E-state index in [0.29, 0.717) is 11.4 Å². The Bertz CT molecular complexity index is 470. The van der Waals surface area contributed by atoms with Crippen LogP contribution in [-0.2, 0) is 24.7 Å². The average Bonchev–Trinajstić information content (AvgIpc) is 2.66. The Morgan fingerprint density at radius 3 is 2.84 bits per heavy atom. The minimum absolute atomic E-state index is 0.0970. The fourth-order valence-corrected chi connectivity index (χ4v) is 3.20. The minimum atomic E-state index is 0.0970. The summed E-state index contributed by atoms with van der Waals surface area (Å²) < 4.78 is 1.74. The van der Waals surface area contributed by atoms with Crippen molar-refractivity contribution in [2.24, 2.45) is 18.7 Å². The van der Waals surface area contributed by atoms with Gasteiger partial charge >= 0.3 is 0 Å². The summed E-state index contributed by atoms with van der Waals surface area (Å²) in [4.78, 5) is 12.4. The van der Waals surface area contributed by atoms with E-state index in [1.807, 2.05) is 14.0 Å². The van der Waals surface area contributed by atoms with Gasteiger partial charge in [-0.25, -0.2) is 0 Å². The van der Waals surface area contributed by atoms with Crippen LogP contribution in [0.5, 0.6) is 0 Å². The van der Waals surface area contributed by atoms with E-state index in [2.05, 4.69) is 5.10 Å².